The maximum atomic E-state index is 11.9. The minimum absolute atomic E-state index is 0.0373. The van der Waals surface area contributed by atoms with Gasteiger partial charge in [-0.05, 0) is 12.1 Å². The fourth-order valence-corrected chi connectivity index (χ4v) is 1.67. The van der Waals surface area contributed by atoms with Crippen LogP contribution in [0.25, 0.3) is 0 Å². The molecule has 0 bridgehead atoms. The van der Waals surface area contributed by atoms with Crippen molar-refractivity contribution in [2.24, 2.45) is 0 Å². The van der Waals surface area contributed by atoms with Crippen molar-refractivity contribution in [3.05, 3.63) is 42.7 Å². The highest BCUT2D eigenvalue weighted by molar-refractivity contribution is 5.75. The van der Waals surface area contributed by atoms with Gasteiger partial charge in [0.15, 0.2) is 0 Å². The molecular weight excluding hydrogens is 256 g/mol. The van der Waals surface area contributed by atoms with Crippen LogP contribution < -0.4 is 10.5 Å². The van der Waals surface area contributed by atoms with E-state index in [1.54, 1.807) is 18.1 Å². The van der Waals surface area contributed by atoms with Crippen LogP contribution in [0, 0.1) is 0 Å². The topological polar surface area (TPSA) is 73.4 Å². The summed E-state index contributed by atoms with van der Waals surface area (Å²) in [5.74, 6) is 0.762. The molecule has 20 heavy (non-hydrogen) atoms. The summed E-state index contributed by atoms with van der Waals surface area (Å²) in [6.45, 7) is 1.15. The van der Waals surface area contributed by atoms with E-state index in [1.807, 2.05) is 30.3 Å². The van der Waals surface area contributed by atoms with E-state index in [0.717, 1.165) is 5.75 Å². The molecule has 0 saturated carbocycles. The Morgan fingerprint density at radius 2 is 2.15 bits per heavy atom. The lowest BCUT2D eigenvalue weighted by Crippen LogP contribution is -2.33. The Morgan fingerprint density at radius 3 is 2.80 bits per heavy atom. The molecule has 6 nitrogen and oxygen atoms in total. The van der Waals surface area contributed by atoms with Crippen LogP contribution in [0.2, 0.25) is 0 Å². The van der Waals surface area contributed by atoms with Gasteiger partial charge in [0.05, 0.1) is 18.4 Å². The zero-order valence-corrected chi connectivity index (χ0v) is 11.4. The Hall–Kier alpha value is -2.50. The summed E-state index contributed by atoms with van der Waals surface area (Å²) in [4.78, 5) is 13.5. The van der Waals surface area contributed by atoms with Crippen molar-refractivity contribution in [3.63, 3.8) is 0 Å². The number of likely N-dealkylation sites (N-methyl/N-ethyl adjacent to an activating group) is 1. The van der Waals surface area contributed by atoms with Crippen molar-refractivity contribution < 1.29 is 9.53 Å². The van der Waals surface area contributed by atoms with E-state index >= 15 is 0 Å². The predicted molar refractivity (Wildman–Crippen MR) is 76.2 cm³/mol. The Labute approximate surface area is 117 Å². The lowest BCUT2D eigenvalue weighted by atomic mass is 10.3. The molecule has 0 aliphatic rings. The minimum atomic E-state index is -0.0373. The first-order valence-electron chi connectivity index (χ1n) is 6.35. The maximum Gasteiger partial charge on any atom is 0.244 e. The third kappa shape index (κ3) is 4.01. The van der Waals surface area contributed by atoms with E-state index < -0.39 is 0 Å². The number of nitrogen functional groups attached to an aromatic ring is 1. The standard InChI is InChI=1S/C14H18N4O2/c1-17(7-8-20-13-5-3-2-4-6-13)14(19)11-18-10-12(15)9-16-18/h2-6,9-10H,7-8,11,15H2,1H3. The number of nitrogens with zero attached hydrogens (tertiary/aromatic N) is 3. The normalized spacial score (nSPS) is 10.2. The van der Waals surface area contributed by atoms with Gasteiger partial charge in [-0.15, -0.1) is 0 Å². The second-order valence-corrected chi connectivity index (χ2v) is 4.45. The number of carbonyl (C=O) groups is 1. The van der Waals surface area contributed by atoms with Crippen LogP contribution in [0.1, 0.15) is 0 Å². The number of aromatic nitrogens is 2. The SMILES string of the molecule is CN(CCOc1ccccc1)C(=O)Cn1cc(N)cn1. The van der Waals surface area contributed by atoms with Gasteiger partial charge in [0.2, 0.25) is 5.91 Å². The lowest BCUT2D eigenvalue weighted by Gasteiger charge is -2.17. The molecule has 0 saturated heterocycles. The van der Waals surface area contributed by atoms with Gasteiger partial charge in [0, 0.05) is 13.2 Å². The number of carbonyl (C=O) groups excluding carboxylic acids is 1. The molecule has 0 atom stereocenters. The molecule has 0 spiro atoms. The Kier molecular flexibility index (Phi) is 4.60. The van der Waals surface area contributed by atoms with E-state index in [9.17, 15) is 4.79 Å². The fourth-order valence-electron chi connectivity index (χ4n) is 1.67. The highest BCUT2D eigenvalue weighted by Gasteiger charge is 2.10. The number of ether oxygens (including phenoxy) is 1. The summed E-state index contributed by atoms with van der Waals surface area (Å²) >= 11 is 0. The number of amides is 1. The lowest BCUT2D eigenvalue weighted by molar-refractivity contribution is -0.131. The van der Waals surface area contributed by atoms with E-state index in [4.69, 9.17) is 10.5 Å². The molecule has 1 aromatic carbocycles. The monoisotopic (exact) mass is 274 g/mol. The predicted octanol–water partition coefficient (Wildman–Crippen LogP) is 1.00. The molecule has 0 unspecified atom stereocenters. The van der Waals surface area contributed by atoms with Crippen molar-refractivity contribution >= 4 is 11.6 Å². The van der Waals surface area contributed by atoms with Gasteiger partial charge < -0.3 is 15.4 Å². The smallest absolute Gasteiger partial charge is 0.244 e. The van der Waals surface area contributed by atoms with Crippen LogP contribution in [0.15, 0.2) is 42.7 Å². The van der Waals surface area contributed by atoms with Crippen molar-refractivity contribution in [2.45, 2.75) is 6.54 Å². The third-order valence-electron chi connectivity index (χ3n) is 2.81. The molecule has 0 radical (unpaired) electrons. The number of rotatable bonds is 6. The molecule has 1 amide bonds. The number of anilines is 1. The largest absolute Gasteiger partial charge is 0.492 e. The van der Waals surface area contributed by atoms with Crippen molar-refractivity contribution in [1.82, 2.24) is 14.7 Å². The quantitative estimate of drug-likeness (QED) is 0.853. The minimum Gasteiger partial charge on any atom is -0.492 e. The van der Waals surface area contributed by atoms with Crippen molar-refractivity contribution in [2.75, 3.05) is 25.9 Å². The first kappa shape index (κ1) is 13.9. The average Bonchev–Trinajstić information content (AvgIpc) is 2.85. The molecule has 0 aliphatic heterocycles. The summed E-state index contributed by atoms with van der Waals surface area (Å²) in [6.07, 6.45) is 3.15. The first-order valence-corrected chi connectivity index (χ1v) is 6.35. The summed E-state index contributed by atoms with van der Waals surface area (Å²) in [5.41, 5.74) is 6.10. The van der Waals surface area contributed by atoms with Gasteiger partial charge in [0.25, 0.3) is 0 Å². The van der Waals surface area contributed by atoms with Crippen LogP contribution in [0.3, 0.4) is 0 Å². The molecule has 6 heteroatoms. The Morgan fingerprint density at radius 1 is 1.40 bits per heavy atom. The number of hydrogen-bond donors (Lipinski definition) is 1. The van der Waals surface area contributed by atoms with Crippen molar-refractivity contribution in [1.29, 1.82) is 0 Å². The second kappa shape index (κ2) is 6.60. The summed E-state index contributed by atoms with van der Waals surface area (Å²) in [7, 11) is 1.74. The second-order valence-electron chi connectivity index (χ2n) is 4.45. The molecule has 1 heterocycles. The summed E-state index contributed by atoms with van der Waals surface area (Å²) < 4.78 is 7.06. The number of para-hydroxylation sites is 1. The molecule has 1 aromatic heterocycles. The Balaban J connectivity index is 1.74. The molecule has 106 valence electrons. The Bertz CT molecular complexity index is 553. The van der Waals surface area contributed by atoms with E-state index in [-0.39, 0.29) is 12.5 Å². The van der Waals surface area contributed by atoms with Gasteiger partial charge in [0.1, 0.15) is 18.9 Å². The van der Waals surface area contributed by atoms with E-state index in [2.05, 4.69) is 5.10 Å². The van der Waals surface area contributed by atoms with Crippen LogP contribution >= 0.6 is 0 Å². The van der Waals surface area contributed by atoms with Gasteiger partial charge in [-0.2, -0.15) is 5.10 Å². The first-order chi connectivity index (χ1) is 9.65. The molecule has 2 aromatic rings. The fraction of sp³-hybridized carbons (Fsp3) is 0.286. The summed E-state index contributed by atoms with van der Waals surface area (Å²) in [5, 5.41) is 3.98. The zero-order chi connectivity index (χ0) is 14.4. The molecule has 2 rings (SSSR count). The van der Waals surface area contributed by atoms with Gasteiger partial charge in [-0.1, -0.05) is 18.2 Å². The van der Waals surface area contributed by atoms with Gasteiger partial charge in [-0.25, -0.2) is 0 Å². The summed E-state index contributed by atoms with van der Waals surface area (Å²) in [6, 6.07) is 9.51. The maximum absolute atomic E-state index is 11.9. The number of nitrogens with two attached hydrogens (primary N) is 1. The van der Waals surface area contributed by atoms with Crippen LogP contribution in [-0.4, -0.2) is 40.8 Å². The van der Waals surface area contributed by atoms with E-state index in [0.29, 0.717) is 18.8 Å². The highest BCUT2D eigenvalue weighted by atomic mass is 16.5. The van der Waals surface area contributed by atoms with Crippen LogP contribution in [0.4, 0.5) is 5.69 Å². The molecule has 2 N–H and O–H groups in total. The molecular formula is C14H18N4O2. The zero-order valence-electron chi connectivity index (χ0n) is 11.4. The third-order valence-corrected chi connectivity index (χ3v) is 2.81. The average molecular weight is 274 g/mol. The van der Waals surface area contributed by atoms with Gasteiger partial charge in [-0.3, -0.25) is 9.48 Å². The number of benzene rings is 1. The van der Waals surface area contributed by atoms with Crippen molar-refractivity contribution in [3.8, 4) is 5.75 Å². The molecule has 0 aliphatic carbocycles. The number of hydrogen-bond acceptors (Lipinski definition) is 4. The van der Waals surface area contributed by atoms with Gasteiger partial charge >= 0.3 is 0 Å². The van der Waals surface area contributed by atoms with Crippen LogP contribution in [0.5, 0.6) is 5.75 Å². The highest BCUT2D eigenvalue weighted by Crippen LogP contribution is 2.07. The van der Waals surface area contributed by atoms with E-state index in [1.165, 1.54) is 10.9 Å². The molecule has 0 fully saturated rings. The van der Waals surface area contributed by atoms with Crippen LogP contribution in [-0.2, 0) is 11.3 Å².